The Bertz CT molecular complexity index is 246. The summed E-state index contributed by atoms with van der Waals surface area (Å²) >= 11 is 0. The minimum absolute atomic E-state index is 0.0301. The zero-order valence-electron chi connectivity index (χ0n) is 9.29. The first kappa shape index (κ1) is 11.0. The molecular weight excluding hydrogens is 178 g/mol. The van der Waals surface area contributed by atoms with E-state index in [1.54, 1.807) is 0 Å². The molecule has 4 nitrogen and oxygen atoms in total. The van der Waals surface area contributed by atoms with Crippen LogP contribution in [0.25, 0.3) is 0 Å². The molecule has 0 radical (unpaired) electrons. The normalized spacial score (nSPS) is 24.6. The highest BCUT2D eigenvalue weighted by Crippen LogP contribution is 2.06. The maximum atomic E-state index is 11.4. The van der Waals surface area contributed by atoms with Crippen LogP contribution in [0.4, 0.5) is 0 Å². The standard InChI is InChI=1S/C10H19N3O/c1-6(2)5-11-10-12-8(7(3)4)9(14)13-10/h6-8H,5H2,1-4H3,(H2,11,12,13,14). The zero-order chi connectivity index (χ0) is 10.7. The third-order valence-corrected chi connectivity index (χ3v) is 2.10. The lowest BCUT2D eigenvalue weighted by atomic mass is 10.1. The van der Waals surface area contributed by atoms with Gasteiger partial charge in [-0.05, 0) is 11.8 Å². The summed E-state index contributed by atoms with van der Waals surface area (Å²) in [6, 6.07) is -0.124. The van der Waals surface area contributed by atoms with Crippen LogP contribution in [0, 0.1) is 11.8 Å². The first-order chi connectivity index (χ1) is 6.50. The van der Waals surface area contributed by atoms with E-state index in [0.29, 0.717) is 17.8 Å². The predicted octanol–water partition coefficient (Wildman–Crippen LogP) is 0.742. The van der Waals surface area contributed by atoms with Gasteiger partial charge in [0.15, 0.2) is 5.96 Å². The van der Waals surface area contributed by atoms with Gasteiger partial charge in [-0.25, -0.2) is 0 Å². The smallest absolute Gasteiger partial charge is 0.249 e. The zero-order valence-corrected chi connectivity index (χ0v) is 9.29. The molecule has 1 heterocycles. The Balaban J connectivity index is 2.54. The van der Waals surface area contributed by atoms with E-state index in [9.17, 15) is 4.79 Å². The number of nitrogens with one attached hydrogen (secondary N) is 2. The molecule has 1 amide bonds. The molecule has 0 aromatic carbocycles. The molecule has 0 aliphatic carbocycles. The minimum atomic E-state index is -0.124. The second kappa shape index (κ2) is 4.44. The van der Waals surface area contributed by atoms with Crippen molar-refractivity contribution in [1.82, 2.24) is 10.6 Å². The van der Waals surface area contributed by atoms with Crippen LogP contribution in [0.5, 0.6) is 0 Å². The maximum absolute atomic E-state index is 11.4. The number of hydrogen-bond donors (Lipinski definition) is 2. The summed E-state index contributed by atoms with van der Waals surface area (Å²) in [6.07, 6.45) is 0. The average Bonchev–Trinajstić information content (AvgIpc) is 2.43. The van der Waals surface area contributed by atoms with Gasteiger partial charge in [0, 0.05) is 6.54 Å². The van der Waals surface area contributed by atoms with E-state index in [2.05, 4.69) is 29.5 Å². The number of hydrogen-bond acceptors (Lipinski definition) is 2. The topological polar surface area (TPSA) is 53.5 Å². The SMILES string of the molecule is CC(C)CN=C1NC(=O)C(C(C)C)N1. The number of aliphatic imine (C=N–C) groups is 1. The predicted molar refractivity (Wildman–Crippen MR) is 57.0 cm³/mol. The number of amides is 1. The molecule has 2 N–H and O–H groups in total. The second-order valence-electron chi connectivity index (χ2n) is 4.44. The Morgan fingerprint density at radius 2 is 2.00 bits per heavy atom. The molecule has 1 aliphatic rings. The summed E-state index contributed by atoms with van der Waals surface area (Å²) in [5.41, 5.74) is 0. The molecule has 0 aromatic rings. The van der Waals surface area contributed by atoms with Crippen molar-refractivity contribution in [1.29, 1.82) is 0 Å². The van der Waals surface area contributed by atoms with Crippen molar-refractivity contribution in [2.24, 2.45) is 16.8 Å². The highest BCUT2D eigenvalue weighted by atomic mass is 16.2. The van der Waals surface area contributed by atoms with Crippen LogP contribution < -0.4 is 10.6 Å². The Hall–Kier alpha value is -1.06. The molecule has 1 atom stereocenters. The largest absolute Gasteiger partial charge is 0.344 e. The fraction of sp³-hybridized carbons (Fsp3) is 0.800. The van der Waals surface area contributed by atoms with Crippen molar-refractivity contribution in [3.8, 4) is 0 Å². The van der Waals surface area contributed by atoms with Gasteiger partial charge in [0.2, 0.25) is 5.91 Å². The highest BCUT2D eigenvalue weighted by molar-refractivity contribution is 6.06. The first-order valence-corrected chi connectivity index (χ1v) is 5.12. The molecule has 14 heavy (non-hydrogen) atoms. The Morgan fingerprint density at radius 1 is 1.36 bits per heavy atom. The average molecular weight is 197 g/mol. The van der Waals surface area contributed by atoms with E-state index in [-0.39, 0.29) is 11.9 Å². The van der Waals surface area contributed by atoms with Crippen molar-refractivity contribution in [3.05, 3.63) is 0 Å². The minimum Gasteiger partial charge on any atom is -0.344 e. The summed E-state index contributed by atoms with van der Waals surface area (Å²) < 4.78 is 0. The van der Waals surface area contributed by atoms with Gasteiger partial charge >= 0.3 is 0 Å². The van der Waals surface area contributed by atoms with Crippen molar-refractivity contribution in [3.63, 3.8) is 0 Å². The number of guanidine groups is 1. The lowest BCUT2D eigenvalue weighted by Crippen LogP contribution is -2.34. The molecule has 80 valence electrons. The van der Waals surface area contributed by atoms with Gasteiger partial charge in [-0.1, -0.05) is 27.7 Å². The number of carbonyl (C=O) groups is 1. The highest BCUT2D eigenvalue weighted by Gasteiger charge is 2.30. The van der Waals surface area contributed by atoms with Crippen LogP contribution >= 0.6 is 0 Å². The lowest BCUT2D eigenvalue weighted by molar-refractivity contribution is -0.120. The van der Waals surface area contributed by atoms with Crippen LogP contribution in [0.15, 0.2) is 4.99 Å². The molecule has 0 saturated carbocycles. The van der Waals surface area contributed by atoms with Gasteiger partial charge in [0.25, 0.3) is 0 Å². The van der Waals surface area contributed by atoms with E-state index in [4.69, 9.17) is 0 Å². The summed E-state index contributed by atoms with van der Waals surface area (Å²) in [5.74, 6) is 1.46. The Labute approximate surface area is 85.2 Å². The monoisotopic (exact) mass is 197 g/mol. The van der Waals surface area contributed by atoms with Gasteiger partial charge in [0.1, 0.15) is 6.04 Å². The molecule has 1 rings (SSSR count). The maximum Gasteiger partial charge on any atom is 0.249 e. The molecule has 4 heteroatoms. The van der Waals surface area contributed by atoms with Crippen molar-refractivity contribution >= 4 is 11.9 Å². The van der Waals surface area contributed by atoms with E-state index < -0.39 is 0 Å². The second-order valence-corrected chi connectivity index (χ2v) is 4.44. The van der Waals surface area contributed by atoms with E-state index in [1.807, 2.05) is 13.8 Å². The summed E-state index contributed by atoms with van der Waals surface area (Å²) in [7, 11) is 0. The molecule has 1 unspecified atom stereocenters. The quantitative estimate of drug-likeness (QED) is 0.701. The van der Waals surface area contributed by atoms with Crippen molar-refractivity contribution in [2.45, 2.75) is 33.7 Å². The molecular formula is C10H19N3O. The van der Waals surface area contributed by atoms with E-state index >= 15 is 0 Å². The van der Waals surface area contributed by atoms with Crippen LogP contribution in [0.1, 0.15) is 27.7 Å². The van der Waals surface area contributed by atoms with Gasteiger partial charge in [-0.3, -0.25) is 15.1 Å². The lowest BCUT2D eigenvalue weighted by Gasteiger charge is -2.10. The summed E-state index contributed by atoms with van der Waals surface area (Å²) in [5, 5.41) is 5.83. The van der Waals surface area contributed by atoms with Gasteiger partial charge in [-0.15, -0.1) is 0 Å². The molecule has 0 bridgehead atoms. The number of nitrogens with zero attached hydrogens (tertiary/aromatic N) is 1. The third-order valence-electron chi connectivity index (χ3n) is 2.10. The van der Waals surface area contributed by atoms with E-state index in [1.165, 1.54) is 0 Å². The number of carbonyl (C=O) groups excluding carboxylic acids is 1. The third kappa shape index (κ3) is 2.72. The van der Waals surface area contributed by atoms with Crippen molar-refractivity contribution < 1.29 is 4.79 Å². The molecule has 1 aliphatic heterocycles. The fourth-order valence-corrected chi connectivity index (χ4v) is 1.27. The van der Waals surface area contributed by atoms with Crippen LogP contribution in [0.3, 0.4) is 0 Å². The van der Waals surface area contributed by atoms with Crippen LogP contribution in [0.2, 0.25) is 0 Å². The Kier molecular flexibility index (Phi) is 3.49. The molecule has 0 spiro atoms. The summed E-state index contributed by atoms with van der Waals surface area (Å²) in [4.78, 5) is 15.7. The molecule has 1 saturated heterocycles. The van der Waals surface area contributed by atoms with Crippen molar-refractivity contribution in [2.75, 3.05) is 6.54 Å². The van der Waals surface area contributed by atoms with Crippen LogP contribution in [-0.2, 0) is 4.79 Å². The van der Waals surface area contributed by atoms with Gasteiger partial charge in [-0.2, -0.15) is 0 Å². The Morgan fingerprint density at radius 3 is 2.43 bits per heavy atom. The number of rotatable bonds is 3. The van der Waals surface area contributed by atoms with Gasteiger partial charge < -0.3 is 5.32 Å². The molecule has 1 fully saturated rings. The molecule has 0 aromatic heterocycles. The summed E-state index contributed by atoms with van der Waals surface area (Å²) in [6.45, 7) is 8.97. The van der Waals surface area contributed by atoms with E-state index in [0.717, 1.165) is 6.54 Å². The van der Waals surface area contributed by atoms with Gasteiger partial charge in [0.05, 0.1) is 0 Å². The first-order valence-electron chi connectivity index (χ1n) is 5.12. The fourth-order valence-electron chi connectivity index (χ4n) is 1.27. The van der Waals surface area contributed by atoms with Crippen LogP contribution in [-0.4, -0.2) is 24.5 Å².